The number of ether oxygens (including phenoxy) is 1. The maximum atomic E-state index is 5.41. The number of halogens is 1. The highest BCUT2D eigenvalue weighted by atomic mass is 127. The molecule has 23 heavy (non-hydrogen) atoms. The molecule has 2 aromatic rings. The fourth-order valence-electron chi connectivity index (χ4n) is 2.30. The van der Waals surface area contributed by atoms with Gasteiger partial charge in [-0.15, -0.1) is 35.3 Å². The van der Waals surface area contributed by atoms with E-state index in [1.54, 1.807) is 25.5 Å². The Labute approximate surface area is 159 Å². The van der Waals surface area contributed by atoms with E-state index >= 15 is 0 Å². The van der Waals surface area contributed by atoms with Crippen LogP contribution in [-0.2, 0) is 13.1 Å². The number of rotatable bonds is 5. The molecule has 0 aliphatic heterocycles. The summed E-state index contributed by atoms with van der Waals surface area (Å²) in [5.74, 6) is 1.77. The fraction of sp³-hybridized carbons (Fsp3) is 0.353. The molecule has 0 aliphatic rings. The Balaban J connectivity index is 0.00000264. The zero-order valence-electron chi connectivity index (χ0n) is 14.0. The number of nitrogens with zero attached hydrogens (tertiary/aromatic N) is 2. The van der Waals surface area contributed by atoms with Crippen LogP contribution in [-0.4, -0.2) is 32.1 Å². The predicted molar refractivity (Wildman–Crippen MR) is 109 cm³/mol. The summed E-state index contributed by atoms with van der Waals surface area (Å²) in [7, 11) is 5.53. The van der Waals surface area contributed by atoms with Crippen molar-refractivity contribution in [3.05, 3.63) is 51.7 Å². The van der Waals surface area contributed by atoms with Gasteiger partial charge in [0.2, 0.25) is 0 Å². The zero-order valence-corrected chi connectivity index (χ0v) is 17.1. The average Bonchev–Trinajstić information content (AvgIpc) is 2.94. The van der Waals surface area contributed by atoms with Gasteiger partial charge in [0.1, 0.15) is 5.75 Å². The highest BCUT2D eigenvalue weighted by Gasteiger charge is 2.10. The molecular formula is C17H24IN3OS. The molecule has 1 heterocycles. The molecule has 126 valence electrons. The lowest BCUT2D eigenvalue weighted by molar-refractivity contribution is 0.396. The van der Waals surface area contributed by atoms with Gasteiger partial charge >= 0.3 is 0 Å². The summed E-state index contributed by atoms with van der Waals surface area (Å²) >= 11 is 1.81. The number of hydrogen-bond acceptors (Lipinski definition) is 3. The molecule has 6 heteroatoms. The second kappa shape index (κ2) is 9.77. The number of guanidine groups is 1. The van der Waals surface area contributed by atoms with Crippen LogP contribution in [0.15, 0.2) is 41.4 Å². The van der Waals surface area contributed by atoms with Crippen molar-refractivity contribution < 1.29 is 4.74 Å². The quantitative estimate of drug-likeness (QED) is 0.431. The highest BCUT2D eigenvalue weighted by Crippen LogP contribution is 2.19. The molecule has 0 aliphatic carbocycles. The molecule has 0 saturated carbocycles. The van der Waals surface area contributed by atoms with Crippen molar-refractivity contribution in [1.82, 2.24) is 10.2 Å². The number of aryl methyl sites for hydroxylation is 1. The number of thiophene rings is 1. The normalized spacial score (nSPS) is 10.9. The van der Waals surface area contributed by atoms with E-state index in [9.17, 15) is 0 Å². The van der Waals surface area contributed by atoms with Gasteiger partial charge < -0.3 is 15.0 Å². The van der Waals surface area contributed by atoms with Crippen molar-refractivity contribution in [2.75, 3.05) is 21.2 Å². The summed E-state index contributed by atoms with van der Waals surface area (Å²) in [5, 5.41) is 3.40. The third-order valence-corrected chi connectivity index (χ3v) is 4.39. The van der Waals surface area contributed by atoms with Crippen molar-refractivity contribution in [3.8, 4) is 5.75 Å². The Morgan fingerprint density at radius 1 is 1.26 bits per heavy atom. The molecule has 0 bridgehead atoms. The molecule has 0 unspecified atom stereocenters. The molecule has 0 atom stereocenters. The summed E-state index contributed by atoms with van der Waals surface area (Å²) in [6.45, 7) is 3.66. The van der Waals surface area contributed by atoms with E-state index in [1.807, 2.05) is 25.2 Å². The Morgan fingerprint density at radius 3 is 2.61 bits per heavy atom. The molecule has 1 aromatic heterocycles. The highest BCUT2D eigenvalue weighted by molar-refractivity contribution is 14.0. The van der Waals surface area contributed by atoms with Crippen molar-refractivity contribution in [1.29, 1.82) is 0 Å². The van der Waals surface area contributed by atoms with E-state index in [2.05, 4.69) is 40.3 Å². The third kappa shape index (κ3) is 5.69. The lowest BCUT2D eigenvalue weighted by Gasteiger charge is -2.23. The van der Waals surface area contributed by atoms with Gasteiger partial charge in [-0.25, -0.2) is 0 Å². The average molecular weight is 445 g/mol. The molecule has 1 N–H and O–H groups in total. The summed E-state index contributed by atoms with van der Waals surface area (Å²) in [4.78, 5) is 9.09. The van der Waals surface area contributed by atoms with Crippen LogP contribution in [0, 0.1) is 6.92 Å². The number of benzene rings is 1. The molecule has 4 nitrogen and oxygen atoms in total. The first-order valence-corrected chi connectivity index (χ1v) is 8.04. The third-order valence-electron chi connectivity index (χ3n) is 3.39. The largest absolute Gasteiger partial charge is 0.496 e. The molecule has 0 fully saturated rings. The first-order chi connectivity index (χ1) is 10.6. The van der Waals surface area contributed by atoms with Crippen molar-refractivity contribution in [3.63, 3.8) is 0 Å². The molecular weight excluding hydrogens is 421 g/mol. The van der Waals surface area contributed by atoms with Gasteiger partial charge in [-0.05, 0) is 25.1 Å². The van der Waals surface area contributed by atoms with Crippen LogP contribution in [0.25, 0.3) is 0 Å². The molecule has 0 amide bonds. The van der Waals surface area contributed by atoms with Crippen molar-refractivity contribution in [2.45, 2.75) is 20.0 Å². The van der Waals surface area contributed by atoms with Crippen LogP contribution in [0.1, 0.15) is 15.3 Å². The predicted octanol–water partition coefficient (Wildman–Crippen LogP) is 3.89. The van der Waals surface area contributed by atoms with Gasteiger partial charge in [0, 0.05) is 36.0 Å². The van der Waals surface area contributed by atoms with E-state index < -0.39 is 0 Å². The number of nitrogens with one attached hydrogen (secondary N) is 1. The fourth-order valence-corrected chi connectivity index (χ4v) is 3.13. The van der Waals surface area contributed by atoms with Crippen LogP contribution in [0.2, 0.25) is 0 Å². The first-order valence-electron chi connectivity index (χ1n) is 7.23. The van der Waals surface area contributed by atoms with Gasteiger partial charge in [-0.3, -0.25) is 4.99 Å². The molecule has 1 aromatic carbocycles. The number of para-hydroxylation sites is 1. The molecule has 0 saturated heterocycles. The van der Waals surface area contributed by atoms with Gasteiger partial charge in [0.05, 0.1) is 13.7 Å². The lowest BCUT2D eigenvalue weighted by Crippen LogP contribution is -2.37. The van der Waals surface area contributed by atoms with Crippen molar-refractivity contribution in [2.24, 2.45) is 4.99 Å². The van der Waals surface area contributed by atoms with Crippen LogP contribution in [0.3, 0.4) is 0 Å². The Bertz CT molecular complexity index is 642. The maximum absolute atomic E-state index is 5.41. The Hall–Kier alpha value is -1.28. The van der Waals surface area contributed by atoms with Crippen LogP contribution < -0.4 is 10.1 Å². The summed E-state index contributed by atoms with van der Waals surface area (Å²) in [6.07, 6.45) is 0. The SMILES string of the molecule is CN=C(NCc1ccc(C)s1)N(C)Cc1ccccc1OC.I. The van der Waals surface area contributed by atoms with Crippen LogP contribution >= 0.6 is 35.3 Å². The Kier molecular flexibility index (Phi) is 8.40. The summed E-state index contributed by atoms with van der Waals surface area (Å²) in [5.41, 5.74) is 1.14. The zero-order chi connectivity index (χ0) is 15.9. The number of aliphatic imine (C=N–C) groups is 1. The standard InChI is InChI=1S/C17H23N3OS.HI/c1-13-9-10-15(22-13)11-19-17(18-2)20(3)12-14-7-5-6-8-16(14)21-4;/h5-10H,11-12H2,1-4H3,(H,18,19);1H. The smallest absolute Gasteiger partial charge is 0.193 e. The molecule has 0 radical (unpaired) electrons. The number of hydrogen-bond donors (Lipinski definition) is 1. The van der Waals surface area contributed by atoms with Crippen molar-refractivity contribution >= 4 is 41.3 Å². The Morgan fingerprint density at radius 2 is 2.00 bits per heavy atom. The molecule has 0 spiro atoms. The minimum Gasteiger partial charge on any atom is -0.496 e. The van der Waals surface area contributed by atoms with Crippen LogP contribution in [0.4, 0.5) is 0 Å². The topological polar surface area (TPSA) is 36.9 Å². The second-order valence-corrected chi connectivity index (χ2v) is 6.45. The minimum atomic E-state index is 0. The van der Waals surface area contributed by atoms with E-state index in [1.165, 1.54) is 9.75 Å². The van der Waals surface area contributed by atoms with Gasteiger partial charge in [0.25, 0.3) is 0 Å². The molecule has 2 rings (SSSR count). The first kappa shape index (κ1) is 19.8. The van der Waals surface area contributed by atoms with Crippen LogP contribution in [0.5, 0.6) is 5.75 Å². The van der Waals surface area contributed by atoms with E-state index in [4.69, 9.17) is 4.74 Å². The summed E-state index contributed by atoms with van der Waals surface area (Å²) in [6, 6.07) is 12.4. The minimum absolute atomic E-state index is 0. The number of methoxy groups -OCH3 is 1. The lowest BCUT2D eigenvalue weighted by atomic mass is 10.2. The monoisotopic (exact) mass is 445 g/mol. The van der Waals surface area contributed by atoms with Gasteiger partial charge in [-0.2, -0.15) is 0 Å². The maximum Gasteiger partial charge on any atom is 0.193 e. The second-order valence-electron chi connectivity index (χ2n) is 5.08. The summed E-state index contributed by atoms with van der Waals surface area (Å²) < 4.78 is 5.41. The van der Waals surface area contributed by atoms with E-state index in [0.29, 0.717) is 0 Å². The van der Waals surface area contributed by atoms with Gasteiger partial charge in [-0.1, -0.05) is 18.2 Å². The van der Waals surface area contributed by atoms with Gasteiger partial charge in [0.15, 0.2) is 5.96 Å². The van der Waals surface area contributed by atoms with E-state index in [0.717, 1.165) is 30.4 Å². The van der Waals surface area contributed by atoms with E-state index in [-0.39, 0.29) is 24.0 Å².